The second-order valence-electron chi connectivity index (χ2n) is 13.7. The summed E-state index contributed by atoms with van der Waals surface area (Å²) < 4.78 is 4.67. The lowest BCUT2D eigenvalue weighted by Crippen LogP contribution is -2.05. The van der Waals surface area contributed by atoms with Crippen LogP contribution in [-0.2, 0) is 6.42 Å². The molecule has 0 fully saturated rings. The third-order valence-corrected chi connectivity index (χ3v) is 10.4. The van der Waals surface area contributed by atoms with Gasteiger partial charge >= 0.3 is 0 Å². The molecule has 1 aliphatic carbocycles. The van der Waals surface area contributed by atoms with Gasteiger partial charge in [0.15, 0.2) is 17.5 Å². The Balaban J connectivity index is 1.33. The van der Waals surface area contributed by atoms with Crippen LogP contribution in [0.3, 0.4) is 0 Å². The van der Waals surface area contributed by atoms with Gasteiger partial charge in [-0.1, -0.05) is 103 Å². The van der Waals surface area contributed by atoms with Crippen molar-refractivity contribution in [1.82, 2.24) is 34.1 Å². The van der Waals surface area contributed by atoms with Crippen LogP contribution < -0.4 is 0 Å². The van der Waals surface area contributed by atoms with E-state index in [0.717, 1.165) is 68.4 Å². The van der Waals surface area contributed by atoms with Gasteiger partial charge in [0, 0.05) is 69.0 Å². The van der Waals surface area contributed by atoms with E-state index in [0.29, 0.717) is 17.5 Å². The zero-order valence-electron chi connectivity index (χ0n) is 30.2. The molecule has 0 saturated carbocycles. The number of hydrogen-bond donors (Lipinski definition) is 0. The van der Waals surface area contributed by atoms with Crippen molar-refractivity contribution in [2.75, 3.05) is 0 Å². The van der Waals surface area contributed by atoms with Crippen LogP contribution in [0.1, 0.15) is 23.1 Å². The highest BCUT2D eigenvalue weighted by Crippen LogP contribution is 2.44. The lowest BCUT2D eigenvalue weighted by Gasteiger charge is -2.21. The number of aromatic nitrogens is 7. The Morgan fingerprint density at radius 2 is 1.20 bits per heavy atom. The Morgan fingerprint density at radius 3 is 1.93 bits per heavy atom. The largest absolute Gasteiger partial charge is 0.313 e. The molecular formula is C48H35N7. The lowest BCUT2D eigenvalue weighted by atomic mass is 9.88. The van der Waals surface area contributed by atoms with Crippen LogP contribution in [0.25, 0.3) is 84.3 Å². The molecule has 4 heterocycles. The Labute approximate surface area is 318 Å². The fraction of sp³-hybridized carbons (Fsp3) is 0.0625. The van der Waals surface area contributed by atoms with Crippen molar-refractivity contribution in [2.24, 2.45) is 0 Å². The summed E-state index contributed by atoms with van der Waals surface area (Å²) in [7, 11) is 0. The van der Waals surface area contributed by atoms with Gasteiger partial charge < -0.3 is 9.13 Å². The molecule has 7 nitrogen and oxygen atoms in total. The Morgan fingerprint density at radius 1 is 0.564 bits per heavy atom. The van der Waals surface area contributed by atoms with Gasteiger partial charge in [0.05, 0.1) is 22.7 Å². The van der Waals surface area contributed by atoms with E-state index in [9.17, 15) is 0 Å². The zero-order valence-corrected chi connectivity index (χ0v) is 30.2. The SMILES string of the molecule is Cc1ccnccn(-c2ccccc2)c2c1c1c(c3c4ccncc4n(-c4cccc(-c5nc(-c6ccccc6)nc(-c6ccccc6)n5)c4)c32)CCC=C1. The van der Waals surface area contributed by atoms with Crippen LogP contribution in [0.2, 0.25) is 0 Å². The van der Waals surface area contributed by atoms with Crippen molar-refractivity contribution in [3.8, 4) is 45.5 Å². The van der Waals surface area contributed by atoms with Crippen molar-refractivity contribution in [2.45, 2.75) is 19.8 Å². The summed E-state index contributed by atoms with van der Waals surface area (Å²) in [5.41, 5.74) is 11.7. The number of rotatable bonds is 5. The molecule has 0 amide bonds. The molecule has 4 aromatic heterocycles. The predicted molar refractivity (Wildman–Crippen MR) is 223 cm³/mol. The average molecular weight is 710 g/mol. The first-order chi connectivity index (χ1) is 27.2. The standard InChI is InChI=1S/C48H35N7/c1-32-24-26-49-28-29-54(36-19-9-4-10-20-36)44-42(32)38-22-11-12-23-39(38)43-40-25-27-50-31-41(40)55(45(43)44)37-21-13-18-35(30-37)48-52-46(33-14-5-2-6-15-33)51-47(53-48)34-16-7-3-8-17-34/h2-11,13-22,24-31H,12,23H2,1H3. The second kappa shape index (κ2) is 13.6. The van der Waals surface area contributed by atoms with Crippen LogP contribution in [0.15, 0.2) is 164 Å². The molecular weight excluding hydrogens is 675 g/mol. The number of fused-ring (bicyclic) bond motifs is 8. The highest BCUT2D eigenvalue weighted by Gasteiger charge is 2.25. The van der Waals surface area contributed by atoms with E-state index in [-0.39, 0.29) is 0 Å². The van der Waals surface area contributed by atoms with Gasteiger partial charge in [-0.05, 0) is 72.9 Å². The predicted octanol–water partition coefficient (Wildman–Crippen LogP) is 11.1. The van der Waals surface area contributed by atoms with E-state index in [1.807, 2.05) is 85.5 Å². The maximum absolute atomic E-state index is 5.08. The third kappa shape index (κ3) is 5.65. The van der Waals surface area contributed by atoms with Gasteiger partial charge in [0.2, 0.25) is 0 Å². The number of nitrogens with zero attached hydrogens (tertiary/aromatic N) is 7. The molecule has 0 radical (unpaired) electrons. The number of aryl methyl sites for hydroxylation is 2. The minimum Gasteiger partial charge on any atom is -0.313 e. The van der Waals surface area contributed by atoms with Crippen LogP contribution in [0.4, 0.5) is 0 Å². The Hall–Kier alpha value is -7.25. The smallest absolute Gasteiger partial charge is 0.164 e. The molecule has 262 valence electrons. The monoisotopic (exact) mass is 709 g/mol. The first-order valence-electron chi connectivity index (χ1n) is 18.6. The summed E-state index contributed by atoms with van der Waals surface area (Å²) in [6.07, 6.45) is 16.3. The normalized spacial score (nSPS) is 12.2. The minimum atomic E-state index is 0.604. The molecule has 0 N–H and O–H groups in total. The summed E-state index contributed by atoms with van der Waals surface area (Å²) in [5.74, 6) is 1.86. The highest BCUT2D eigenvalue weighted by atomic mass is 15.1. The minimum absolute atomic E-state index is 0.604. The van der Waals surface area contributed by atoms with E-state index in [1.54, 1.807) is 0 Å². The van der Waals surface area contributed by atoms with E-state index < -0.39 is 0 Å². The van der Waals surface area contributed by atoms with Gasteiger partial charge in [0.1, 0.15) is 0 Å². The molecule has 9 aromatic rings. The number of allylic oxidation sites excluding steroid dienone is 1. The Kier molecular flexibility index (Phi) is 8.03. The molecule has 0 spiro atoms. The van der Waals surface area contributed by atoms with Crippen molar-refractivity contribution in [3.05, 3.63) is 181 Å². The quantitative estimate of drug-likeness (QED) is 0.178. The molecule has 7 heteroatoms. The van der Waals surface area contributed by atoms with E-state index in [1.165, 1.54) is 21.9 Å². The van der Waals surface area contributed by atoms with Gasteiger partial charge in [-0.15, -0.1) is 0 Å². The summed E-state index contributed by atoms with van der Waals surface area (Å²) in [6, 6.07) is 43.6. The Bertz CT molecular complexity index is 2920. The van der Waals surface area contributed by atoms with Crippen LogP contribution in [-0.4, -0.2) is 34.1 Å². The van der Waals surface area contributed by atoms with Crippen molar-refractivity contribution >= 4 is 38.8 Å². The summed E-state index contributed by atoms with van der Waals surface area (Å²) in [5, 5.41) is 3.59. The number of para-hydroxylation sites is 1. The molecule has 55 heavy (non-hydrogen) atoms. The van der Waals surface area contributed by atoms with Crippen molar-refractivity contribution in [3.63, 3.8) is 0 Å². The van der Waals surface area contributed by atoms with Gasteiger partial charge in [0.25, 0.3) is 0 Å². The topological polar surface area (TPSA) is 74.3 Å². The number of hydrogen-bond acceptors (Lipinski definition) is 5. The second-order valence-corrected chi connectivity index (χ2v) is 13.7. The van der Waals surface area contributed by atoms with Gasteiger partial charge in [-0.2, -0.15) is 0 Å². The summed E-state index contributed by atoms with van der Waals surface area (Å²) in [4.78, 5) is 24.4. The first-order valence-corrected chi connectivity index (χ1v) is 18.6. The van der Waals surface area contributed by atoms with Crippen molar-refractivity contribution < 1.29 is 0 Å². The van der Waals surface area contributed by atoms with E-state index in [2.05, 4.69) is 106 Å². The fourth-order valence-corrected chi connectivity index (χ4v) is 7.96. The number of pyridine rings is 1. The molecule has 1 aliphatic rings. The van der Waals surface area contributed by atoms with Crippen LogP contribution in [0, 0.1) is 6.92 Å². The highest BCUT2D eigenvalue weighted by molar-refractivity contribution is 6.22. The summed E-state index contributed by atoms with van der Waals surface area (Å²) >= 11 is 0. The zero-order chi connectivity index (χ0) is 36.7. The molecule has 0 aliphatic heterocycles. The fourth-order valence-electron chi connectivity index (χ4n) is 7.96. The van der Waals surface area contributed by atoms with Gasteiger partial charge in [-0.3, -0.25) is 9.97 Å². The maximum atomic E-state index is 5.08. The molecule has 0 unspecified atom stereocenters. The van der Waals surface area contributed by atoms with Crippen LogP contribution in [0.5, 0.6) is 0 Å². The maximum Gasteiger partial charge on any atom is 0.164 e. The molecule has 0 saturated heterocycles. The van der Waals surface area contributed by atoms with Crippen LogP contribution >= 0.6 is 0 Å². The molecule has 10 rings (SSSR count). The van der Waals surface area contributed by atoms with E-state index >= 15 is 0 Å². The number of benzene rings is 5. The van der Waals surface area contributed by atoms with Crippen molar-refractivity contribution in [1.29, 1.82) is 0 Å². The molecule has 5 aromatic carbocycles. The summed E-state index contributed by atoms with van der Waals surface area (Å²) in [6.45, 7) is 2.19. The molecule has 0 atom stereocenters. The molecule has 0 bridgehead atoms. The first kappa shape index (κ1) is 32.4. The third-order valence-electron chi connectivity index (χ3n) is 10.4. The van der Waals surface area contributed by atoms with Gasteiger partial charge in [-0.25, -0.2) is 15.0 Å². The van der Waals surface area contributed by atoms with E-state index in [4.69, 9.17) is 19.9 Å². The average Bonchev–Trinajstić information content (AvgIpc) is 3.64. The lowest BCUT2D eigenvalue weighted by molar-refractivity contribution is 0.999.